The number of carbonyl (C=O) groups is 2. The molecule has 0 amide bonds. The number of ether oxygens (including phenoxy) is 2. The van der Waals surface area contributed by atoms with Crippen LogP contribution in [0.25, 0.3) is 0 Å². The summed E-state index contributed by atoms with van der Waals surface area (Å²) in [5, 5.41) is 0. The highest BCUT2D eigenvalue weighted by Crippen LogP contribution is 2.43. The normalized spacial score (nSPS) is 13.8. The fraction of sp³-hybridized carbons (Fsp3) is 0.829. The molecule has 0 aromatic rings. The number of phosphoric acid groups is 1. The van der Waals surface area contributed by atoms with Gasteiger partial charge >= 0.3 is 19.8 Å². The van der Waals surface area contributed by atoms with Crippen LogP contribution in [0.4, 0.5) is 0 Å². The van der Waals surface area contributed by atoms with E-state index in [1.807, 2.05) is 0 Å². The lowest BCUT2D eigenvalue weighted by atomic mass is 10.1. The van der Waals surface area contributed by atoms with Crippen molar-refractivity contribution in [1.29, 1.82) is 0 Å². The summed E-state index contributed by atoms with van der Waals surface area (Å²) >= 11 is 0. The van der Waals surface area contributed by atoms with Gasteiger partial charge in [-0.3, -0.25) is 18.6 Å². The summed E-state index contributed by atoms with van der Waals surface area (Å²) in [4.78, 5) is 34.6. The van der Waals surface area contributed by atoms with E-state index >= 15 is 0 Å². The number of hydrogen-bond donors (Lipinski definition) is 2. The van der Waals surface area contributed by atoms with Gasteiger partial charge in [-0.1, -0.05) is 128 Å². The monoisotopic (exact) mass is 659 g/mol. The molecule has 9 nitrogen and oxygen atoms in total. The van der Waals surface area contributed by atoms with E-state index in [-0.39, 0.29) is 38.6 Å². The molecule has 0 spiro atoms. The van der Waals surface area contributed by atoms with E-state index in [0.29, 0.717) is 6.42 Å². The molecule has 0 aliphatic heterocycles. The third-order valence-electron chi connectivity index (χ3n) is 7.34. The van der Waals surface area contributed by atoms with E-state index in [1.54, 1.807) is 0 Å². The van der Waals surface area contributed by atoms with E-state index < -0.39 is 26.5 Å². The van der Waals surface area contributed by atoms with Gasteiger partial charge in [0.05, 0.1) is 13.2 Å². The molecule has 0 saturated heterocycles. The predicted molar refractivity (Wildman–Crippen MR) is 183 cm³/mol. The SMILES string of the molecule is CCCC/C=C\C/C=C\CCCCCCCC(=O)O[C@H](COC(=O)CCCCCCCCCCCC)COP(=O)(O)OCCN. The average molecular weight is 660 g/mol. The van der Waals surface area contributed by atoms with Crippen LogP contribution in [0.1, 0.15) is 155 Å². The molecule has 45 heavy (non-hydrogen) atoms. The number of carbonyl (C=O) groups excluding carboxylic acids is 2. The van der Waals surface area contributed by atoms with E-state index in [2.05, 4.69) is 38.2 Å². The van der Waals surface area contributed by atoms with E-state index in [9.17, 15) is 19.0 Å². The number of esters is 2. The number of phosphoric ester groups is 1. The van der Waals surface area contributed by atoms with Crippen molar-refractivity contribution in [2.75, 3.05) is 26.4 Å². The molecule has 0 saturated carbocycles. The summed E-state index contributed by atoms with van der Waals surface area (Å²) in [5.41, 5.74) is 5.32. The molecular formula is C35H66NO8P. The summed E-state index contributed by atoms with van der Waals surface area (Å²) in [7, 11) is -4.37. The highest BCUT2D eigenvalue weighted by molar-refractivity contribution is 7.47. The molecule has 0 fully saturated rings. The third-order valence-corrected chi connectivity index (χ3v) is 8.32. The minimum Gasteiger partial charge on any atom is -0.462 e. The summed E-state index contributed by atoms with van der Waals surface area (Å²) in [6.07, 6.45) is 30.6. The summed E-state index contributed by atoms with van der Waals surface area (Å²) in [6.45, 7) is 3.64. The topological polar surface area (TPSA) is 134 Å². The Kier molecular flexibility index (Phi) is 31.3. The van der Waals surface area contributed by atoms with Gasteiger partial charge in [-0.05, 0) is 38.5 Å². The second-order valence-corrected chi connectivity index (χ2v) is 13.2. The Labute approximate surface area is 274 Å². The minimum atomic E-state index is -4.37. The molecule has 0 aliphatic carbocycles. The molecule has 0 heterocycles. The van der Waals surface area contributed by atoms with Gasteiger partial charge in [0.1, 0.15) is 6.61 Å². The van der Waals surface area contributed by atoms with E-state index in [4.69, 9.17) is 24.3 Å². The first-order valence-corrected chi connectivity index (χ1v) is 19.3. The Morgan fingerprint density at radius 2 is 1.18 bits per heavy atom. The van der Waals surface area contributed by atoms with Crippen molar-refractivity contribution in [2.45, 2.75) is 161 Å². The maximum atomic E-state index is 12.5. The maximum absolute atomic E-state index is 12.5. The average Bonchev–Trinajstić information content (AvgIpc) is 3.02. The zero-order valence-electron chi connectivity index (χ0n) is 28.6. The van der Waals surface area contributed by atoms with Crippen LogP contribution < -0.4 is 5.73 Å². The van der Waals surface area contributed by atoms with Gasteiger partial charge in [0.25, 0.3) is 0 Å². The lowest BCUT2D eigenvalue weighted by molar-refractivity contribution is -0.161. The second-order valence-electron chi connectivity index (χ2n) is 11.7. The van der Waals surface area contributed by atoms with Gasteiger partial charge < -0.3 is 20.1 Å². The van der Waals surface area contributed by atoms with Crippen LogP contribution in [0.2, 0.25) is 0 Å². The standard InChI is InChI=1S/C35H66NO8P/c1-3-5-7-9-11-13-15-16-17-18-20-22-24-26-28-35(38)44-33(32-43-45(39,40)42-30-29-36)31-41-34(37)27-25-23-21-19-14-12-10-8-6-4-2/h9,11,15-16,33H,3-8,10,12-14,17-32,36H2,1-2H3,(H,39,40)/b11-9-,16-15-/t33-/m1/s1. The van der Waals surface area contributed by atoms with Crippen LogP contribution >= 0.6 is 7.82 Å². The zero-order chi connectivity index (χ0) is 33.3. The third kappa shape index (κ3) is 32.2. The quantitative estimate of drug-likeness (QED) is 0.0306. The summed E-state index contributed by atoms with van der Waals surface area (Å²) < 4.78 is 32.5. The molecule has 0 aliphatic rings. The zero-order valence-corrected chi connectivity index (χ0v) is 29.5. The van der Waals surface area contributed by atoms with Crippen molar-refractivity contribution >= 4 is 19.8 Å². The molecule has 0 radical (unpaired) electrons. The lowest BCUT2D eigenvalue weighted by Crippen LogP contribution is -2.29. The molecule has 10 heteroatoms. The Balaban J connectivity index is 4.28. The van der Waals surface area contributed by atoms with Crippen LogP contribution in [-0.2, 0) is 32.7 Å². The Hall–Kier alpha value is -1.51. The second kappa shape index (κ2) is 32.4. The van der Waals surface area contributed by atoms with E-state index in [1.165, 1.54) is 57.8 Å². The van der Waals surface area contributed by atoms with Crippen molar-refractivity contribution in [3.63, 3.8) is 0 Å². The number of rotatable bonds is 33. The van der Waals surface area contributed by atoms with Crippen LogP contribution in [0, 0.1) is 0 Å². The largest absolute Gasteiger partial charge is 0.472 e. The molecular weight excluding hydrogens is 593 g/mol. The molecule has 3 N–H and O–H groups in total. The number of hydrogen-bond acceptors (Lipinski definition) is 8. The van der Waals surface area contributed by atoms with Gasteiger partial charge in [0.15, 0.2) is 6.10 Å². The Morgan fingerprint density at radius 1 is 0.667 bits per heavy atom. The molecule has 0 aromatic heterocycles. The fourth-order valence-electron chi connectivity index (χ4n) is 4.65. The van der Waals surface area contributed by atoms with Crippen molar-refractivity contribution in [3.05, 3.63) is 24.3 Å². The van der Waals surface area contributed by atoms with Crippen molar-refractivity contribution in [3.8, 4) is 0 Å². The first-order valence-electron chi connectivity index (χ1n) is 17.8. The minimum absolute atomic E-state index is 0.0520. The Bertz CT molecular complexity index is 805. The smallest absolute Gasteiger partial charge is 0.462 e. The highest BCUT2D eigenvalue weighted by atomic mass is 31.2. The molecule has 0 rings (SSSR count). The molecule has 2 atom stereocenters. The van der Waals surface area contributed by atoms with Crippen molar-refractivity contribution in [2.24, 2.45) is 5.73 Å². The van der Waals surface area contributed by atoms with Gasteiger partial charge in [-0.15, -0.1) is 0 Å². The lowest BCUT2D eigenvalue weighted by Gasteiger charge is -2.19. The molecule has 264 valence electrons. The Morgan fingerprint density at radius 3 is 1.76 bits per heavy atom. The summed E-state index contributed by atoms with van der Waals surface area (Å²) in [5.74, 6) is -0.847. The highest BCUT2D eigenvalue weighted by Gasteiger charge is 2.25. The number of nitrogens with two attached hydrogens (primary N) is 1. The maximum Gasteiger partial charge on any atom is 0.472 e. The number of unbranched alkanes of at least 4 members (excludes halogenated alkanes) is 16. The first-order chi connectivity index (χ1) is 21.8. The predicted octanol–water partition coefficient (Wildman–Crippen LogP) is 9.27. The van der Waals surface area contributed by atoms with Gasteiger partial charge in [0, 0.05) is 19.4 Å². The van der Waals surface area contributed by atoms with Crippen LogP contribution in [0.5, 0.6) is 0 Å². The fourth-order valence-corrected chi connectivity index (χ4v) is 5.41. The number of allylic oxidation sites excluding steroid dienone is 4. The van der Waals surface area contributed by atoms with Gasteiger partial charge in [-0.25, -0.2) is 4.57 Å². The van der Waals surface area contributed by atoms with Crippen LogP contribution in [-0.4, -0.2) is 49.3 Å². The van der Waals surface area contributed by atoms with Gasteiger partial charge in [-0.2, -0.15) is 0 Å². The molecule has 1 unspecified atom stereocenters. The van der Waals surface area contributed by atoms with Crippen LogP contribution in [0.15, 0.2) is 24.3 Å². The molecule has 0 bridgehead atoms. The van der Waals surface area contributed by atoms with Crippen molar-refractivity contribution < 1.29 is 37.6 Å². The van der Waals surface area contributed by atoms with Gasteiger partial charge in [0.2, 0.25) is 0 Å². The summed E-state index contributed by atoms with van der Waals surface area (Å²) in [6, 6.07) is 0. The van der Waals surface area contributed by atoms with Crippen LogP contribution in [0.3, 0.4) is 0 Å². The molecule has 0 aromatic carbocycles. The van der Waals surface area contributed by atoms with Crippen molar-refractivity contribution in [1.82, 2.24) is 0 Å². The van der Waals surface area contributed by atoms with E-state index in [0.717, 1.165) is 64.2 Å². The first kappa shape index (κ1) is 43.5.